The lowest BCUT2D eigenvalue weighted by Crippen LogP contribution is -2.37. The van der Waals surface area contributed by atoms with Crippen molar-refractivity contribution in [1.82, 2.24) is 19.4 Å². The molecule has 7 heteroatoms. The Balaban J connectivity index is 1.64. The topological polar surface area (TPSA) is 86.0 Å². The van der Waals surface area contributed by atoms with Crippen LogP contribution in [0.1, 0.15) is 11.1 Å². The van der Waals surface area contributed by atoms with Gasteiger partial charge in [0.15, 0.2) is 0 Å². The molecule has 0 bridgehead atoms. The minimum absolute atomic E-state index is 0.271. The predicted octanol–water partition coefficient (Wildman–Crippen LogP) is 1.00. The molecule has 7 nitrogen and oxygen atoms in total. The van der Waals surface area contributed by atoms with E-state index in [9.17, 15) is 14.4 Å². The van der Waals surface area contributed by atoms with Crippen LogP contribution in [0.3, 0.4) is 0 Å². The monoisotopic (exact) mass is 364 g/mol. The van der Waals surface area contributed by atoms with Crippen molar-refractivity contribution in [1.29, 1.82) is 0 Å². The van der Waals surface area contributed by atoms with Gasteiger partial charge in [-0.3, -0.25) is 19.1 Å². The number of amides is 1. The number of aromatic nitrogens is 3. The molecule has 0 saturated carbocycles. The lowest BCUT2D eigenvalue weighted by atomic mass is 10.1. The smallest absolute Gasteiger partial charge is 0.330 e. The number of nitrogens with zero attached hydrogens (tertiary/aromatic N) is 3. The highest BCUT2D eigenvalue weighted by molar-refractivity contribution is 5.91. The standard InChI is InChI=1S/C20H20N4O3/c1-23-13-16(19(26)24(2)20(23)27)8-9-17(25)21-12-10-15-6-3-5-14-7-4-11-22-18(14)15/h3-9,11,13H,10,12H2,1-2H3,(H,21,25)/b9-8+. The maximum absolute atomic E-state index is 12.0. The van der Waals surface area contributed by atoms with Crippen LogP contribution in [0, 0.1) is 0 Å². The number of nitrogens with one attached hydrogen (secondary N) is 1. The van der Waals surface area contributed by atoms with E-state index in [1.54, 1.807) is 13.2 Å². The number of hydrogen-bond donors (Lipinski definition) is 1. The van der Waals surface area contributed by atoms with Crippen LogP contribution in [-0.4, -0.2) is 26.6 Å². The van der Waals surface area contributed by atoms with E-state index in [4.69, 9.17) is 0 Å². The number of para-hydroxylation sites is 1. The van der Waals surface area contributed by atoms with Crippen LogP contribution in [0.15, 0.2) is 58.4 Å². The maximum Gasteiger partial charge on any atom is 0.330 e. The molecule has 1 amide bonds. The van der Waals surface area contributed by atoms with Crippen LogP contribution in [-0.2, 0) is 25.3 Å². The first kappa shape index (κ1) is 18.3. The first-order chi connectivity index (χ1) is 13.0. The average Bonchev–Trinajstić information content (AvgIpc) is 2.68. The molecule has 0 unspecified atom stereocenters. The Morgan fingerprint density at radius 1 is 1.19 bits per heavy atom. The van der Waals surface area contributed by atoms with Crippen LogP contribution >= 0.6 is 0 Å². The molecule has 0 aliphatic carbocycles. The Labute approximate surface area is 155 Å². The van der Waals surface area contributed by atoms with E-state index in [2.05, 4.69) is 10.3 Å². The molecule has 0 aliphatic heterocycles. The Morgan fingerprint density at radius 3 is 2.78 bits per heavy atom. The van der Waals surface area contributed by atoms with E-state index >= 15 is 0 Å². The van der Waals surface area contributed by atoms with Crippen molar-refractivity contribution < 1.29 is 4.79 Å². The number of benzene rings is 1. The zero-order chi connectivity index (χ0) is 19.4. The third-order valence-electron chi connectivity index (χ3n) is 4.30. The molecule has 3 aromatic rings. The number of rotatable bonds is 5. The summed E-state index contributed by atoms with van der Waals surface area (Å²) in [7, 11) is 2.96. The van der Waals surface area contributed by atoms with Crippen LogP contribution < -0.4 is 16.6 Å². The molecule has 0 radical (unpaired) electrons. The van der Waals surface area contributed by atoms with Gasteiger partial charge in [-0.2, -0.15) is 0 Å². The predicted molar refractivity (Wildman–Crippen MR) is 104 cm³/mol. The summed E-state index contributed by atoms with van der Waals surface area (Å²) in [6.45, 7) is 0.449. The molecule has 0 fully saturated rings. The van der Waals surface area contributed by atoms with Gasteiger partial charge < -0.3 is 9.88 Å². The zero-order valence-electron chi connectivity index (χ0n) is 15.2. The van der Waals surface area contributed by atoms with Crippen LogP contribution in [0.2, 0.25) is 0 Å². The lowest BCUT2D eigenvalue weighted by molar-refractivity contribution is -0.116. The summed E-state index contributed by atoms with van der Waals surface area (Å²) in [6.07, 6.45) is 6.52. The summed E-state index contributed by atoms with van der Waals surface area (Å²) in [5.41, 5.74) is 1.41. The summed E-state index contributed by atoms with van der Waals surface area (Å²) in [5, 5.41) is 3.86. The van der Waals surface area contributed by atoms with Gasteiger partial charge in [-0.25, -0.2) is 4.79 Å². The van der Waals surface area contributed by atoms with E-state index in [1.807, 2.05) is 30.3 Å². The Bertz CT molecular complexity index is 1140. The molecule has 3 rings (SSSR count). The number of hydrogen-bond acceptors (Lipinski definition) is 4. The quantitative estimate of drug-likeness (QED) is 0.685. The van der Waals surface area contributed by atoms with E-state index in [0.717, 1.165) is 21.0 Å². The molecule has 0 aliphatic rings. The first-order valence-electron chi connectivity index (χ1n) is 8.52. The van der Waals surface area contributed by atoms with Gasteiger partial charge in [0.2, 0.25) is 5.91 Å². The summed E-state index contributed by atoms with van der Waals surface area (Å²) >= 11 is 0. The van der Waals surface area contributed by atoms with E-state index in [0.29, 0.717) is 13.0 Å². The van der Waals surface area contributed by atoms with E-state index in [1.165, 1.54) is 30.0 Å². The number of carbonyl (C=O) groups is 1. The second-order valence-corrected chi connectivity index (χ2v) is 6.21. The summed E-state index contributed by atoms with van der Waals surface area (Å²) < 4.78 is 2.30. The van der Waals surface area contributed by atoms with Gasteiger partial charge in [0.25, 0.3) is 5.56 Å². The average molecular weight is 364 g/mol. The van der Waals surface area contributed by atoms with Gasteiger partial charge in [-0.1, -0.05) is 24.3 Å². The van der Waals surface area contributed by atoms with Crippen LogP contribution in [0.25, 0.3) is 17.0 Å². The minimum Gasteiger partial charge on any atom is -0.352 e. The SMILES string of the molecule is Cn1cc(/C=C/C(=O)NCCc2cccc3cccnc23)c(=O)n(C)c1=O. The van der Waals surface area contributed by atoms with Gasteiger partial charge in [0.1, 0.15) is 0 Å². The van der Waals surface area contributed by atoms with Crippen molar-refractivity contribution in [2.45, 2.75) is 6.42 Å². The van der Waals surface area contributed by atoms with Gasteiger partial charge in [-0.05, 0) is 24.1 Å². The van der Waals surface area contributed by atoms with Crippen LogP contribution in [0.5, 0.6) is 0 Å². The molecule has 1 aromatic carbocycles. The van der Waals surface area contributed by atoms with Gasteiger partial charge in [0.05, 0.1) is 11.1 Å². The molecule has 27 heavy (non-hydrogen) atoms. The number of carbonyl (C=O) groups excluding carboxylic acids is 1. The van der Waals surface area contributed by atoms with Crippen molar-refractivity contribution in [3.63, 3.8) is 0 Å². The fourth-order valence-electron chi connectivity index (χ4n) is 2.86. The molecular formula is C20H20N4O3. The Hall–Kier alpha value is -3.48. The normalized spacial score (nSPS) is 11.2. The van der Waals surface area contributed by atoms with Crippen LogP contribution in [0.4, 0.5) is 0 Å². The van der Waals surface area contributed by atoms with Crippen molar-refractivity contribution in [3.05, 3.63) is 80.8 Å². The number of fused-ring (bicyclic) bond motifs is 1. The van der Waals surface area contributed by atoms with Crippen molar-refractivity contribution >= 4 is 22.9 Å². The number of aryl methyl sites for hydroxylation is 1. The fourth-order valence-corrected chi connectivity index (χ4v) is 2.86. The highest BCUT2D eigenvalue weighted by Crippen LogP contribution is 2.15. The minimum atomic E-state index is -0.441. The lowest BCUT2D eigenvalue weighted by Gasteiger charge is -2.06. The second kappa shape index (κ2) is 7.82. The molecule has 138 valence electrons. The maximum atomic E-state index is 12.0. The molecule has 2 heterocycles. The third-order valence-corrected chi connectivity index (χ3v) is 4.30. The number of pyridine rings is 1. The zero-order valence-corrected chi connectivity index (χ0v) is 15.2. The summed E-state index contributed by atoms with van der Waals surface area (Å²) in [6, 6.07) is 9.85. The Kier molecular flexibility index (Phi) is 5.30. The molecule has 0 saturated heterocycles. The molecule has 0 atom stereocenters. The van der Waals surface area contributed by atoms with Crippen molar-refractivity contribution in [2.24, 2.45) is 14.1 Å². The molecule has 2 aromatic heterocycles. The van der Waals surface area contributed by atoms with E-state index < -0.39 is 11.2 Å². The second-order valence-electron chi connectivity index (χ2n) is 6.21. The van der Waals surface area contributed by atoms with Gasteiger partial charge >= 0.3 is 5.69 Å². The fraction of sp³-hybridized carbons (Fsp3) is 0.200. The molecular weight excluding hydrogens is 344 g/mol. The van der Waals surface area contributed by atoms with Gasteiger partial charge in [-0.15, -0.1) is 0 Å². The first-order valence-corrected chi connectivity index (χ1v) is 8.52. The van der Waals surface area contributed by atoms with Crippen molar-refractivity contribution in [3.8, 4) is 0 Å². The summed E-state index contributed by atoms with van der Waals surface area (Å²) in [5.74, 6) is -0.306. The van der Waals surface area contributed by atoms with E-state index in [-0.39, 0.29) is 11.5 Å². The highest BCUT2D eigenvalue weighted by atomic mass is 16.2. The largest absolute Gasteiger partial charge is 0.352 e. The van der Waals surface area contributed by atoms with Crippen molar-refractivity contribution in [2.75, 3.05) is 6.54 Å². The third kappa shape index (κ3) is 4.03. The highest BCUT2D eigenvalue weighted by Gasteiger charge is 2.05. The molecule has 0 spiro atoms. The summed E-state index contributed by atoms with van der Waals surface area (Å²) in [4.78, 5) is 40.1. The molecule has 1 N–H and O–H groups in total. The Morgan fingerprint density at radius 2 is 1.96 bits per heavy atom. The van der Waals surface area contributed by atoms with Gasteiger partial charge in [0, 0.05) is 44.5 Å².